The Kier molecular flexibility index (Phi) is 7.83. The minimum atomic E-state index is -0.495. The van der Waals surface area contributed by atoms with Crippen LogP contribution in [0.4, 0.5) is 5.69 Å². The van der Waals surface area contributed by atoms with Gasteiger partial charge in [-0.15, -0.1) is 12.4 Å². The van der Waals surface area contributed by atoms with E-state index in [4.69, 9.17) is 11.6 Å². The van der Waals surface area contributed by atoms with E-state index < -0.39 is 5.41 Å². The third-order valence-electron chi connectivity index (χ3n) is 5.40. The summed E-state index contributed by atoms with van der Waals surface area (Å²) in [4.78, 5) is 29.6. The maximum Gasteiger partial charge on any atom is 0.257 e. The molecule has 0 saturated carbocycles. The number of hydrogen-bond acceptors (Lipinski definition) is 4. The van der Waals surface area contributed by atoms with Crippen molar-refractivity contribution >= 4 is 52.4 Å². The predicted octanol–water partition coefficient (Wildman–Crippen LogP) is 5.72. The standard InChI is InChI=1S/C26H26ClN5O2.ClH/c1-16-12-18(10-11-28-16)32-23-7-5-6-22(20(23)15-30-32)31-24(33)19-13-17(8-9-21(19)27)14-29-25(34)26(2,3)4;/h5-13,15H,14H2,1-4H3,(H,29,34)(H,31,33);1H. The van der Waals surface area contributed by atoms with E-state index in [2.05, 4.69) is 20.7 Å². The number of rotatable bonds is 5. The number of aromatic nitrogens is 3. The van der Waals surface area contributed by atoms with Crippen LogP contribution in [0.3, 0.4) is 0 Å². The van der Waals surface area contributed by atoms with Crippen LogP contribution in [-0.2, 0) is 11.3 Å². The molecule has 35 heavy (non-hydrogen) atoms. The van der Waals surface area contributed by atoms with Gasteiger partial charge in [0.2, 0.25) is 5.91 Å². The summed E-state index contributed by atoms with van der Waals surface area (Å²) < 4.78 is 1.81. The van der Waals surface area contributed by atoms with E-state index in [1.807, 2.05) is 62.7 Å². The lowest BCUT2D eigenvalue weighted by Crippen LogP contribution is -2.34. The first kappa shape index (κ1) is 26.2. The summed E-state index contributed by atoms with van der Waals surface area (Å²) >= 11 is 6.34. The van der Waals surface area contributed by atoms with Crippen molar-refractivity contribution in [1.82, 2.24) is 20.1 Å². The SMILES string of the molecule is Cc1cc(-n2ncc3c(NC(=O)c4cc(CNC(=O)C(C)(C)C)ccc4Cl)cccc32)ccn1.Cl. The predicted molar refractivity (Wildman–Crippen MR) is 142 cm³/mol. The summed E-state index contributed by atoms with van der Waals surface area (Å²) in [5.74, 6) is -0.407. The van der Waals surface area contributed by atoms with Crippen LogP contribution in [0.5, 0.6) is 0 Å². The topological polar surface area (TPSA) is 88.9 Å². The van der Waals surface area contributed by atoms with Crippen LogP contribution >= 0.6 is 24.0 Å². The summed E-state index contributed by atoms with van der Waals surface area (Å²) in [7, 11) is 0. The van der Waals surface area contributed by atoms with Crippen LogP contribution in [-0.4, -0.2) is 26.6 Å². The summed E-state index contributed by atoms with van der Waals surface area (Å²) in [5, 5.41) is 11.5. The molecule has 0 atom stereocenters. The maximum absolute atomic E-state index is 13.1. The van der Waals surface area contributed by atoms with Gasteiger partial charge in [0.05, 0.1) is 33.7 Å². The van der Waals surface area contributed by atoms with Gasteiger partial charge in [-0.1, -0.05) is 44.5 Å². The lowest BCUT2D eigenvalue weighted by molar-refractivity contribution is -0.128. The molecule has 0 aliphatic rings. The first-order valence-corrected chi connectivity index (χ1v) is 11.3. The minimum absolute atomic E-state index is 0. The maximum atomic E-state index is 13.1. The first-order chi connectivity index (χ1) is 16.1. The molecular weight excluding hydrogens is 485 g/mol. The van der Waals surface area contributed by atoms with E-state index >= 15 is 0 Å². The number of pyridine rings is 1. The van der Waals surface area contributed by atoms with E-state index in [-0.39, 0.29) is 24.2 Å². The Hall–Kier alpha value is -3.42. The van der Waals surface area contributed by atoms with Gasteiger partial charge in [-0.2, -0.15) is 5.10 Å². The number of hydrogen-bond donors (Lipinski definition) is 2. The van der Waals surface area contributed by atoms with Crippen molar-refractivity contribution in [2.75, 3.05) is 5.32 Å². The molecule has 2 heterocycles. The second-order valence-electron chi connectivity index (χ2n) is 9.15. The third kappa shape index (κ3) is 5.81. The van der Waals surface area contributed by atoms with Gasteiger partial charge in [-0.3, -0.25) is 14.6 Å². The number of nitrogens with zero attached hydrogens (tertiary/aromatic N) is 3. The summed E-state index contributed by atoms with van der Waals surface area (Å²) in [6, 6.07) is 14.6. The molecule has 9 heteroatoms. The fraction of sp³-hybridized carbons (Fsp3) is 0.231. The second kappa shape index (κ2) is 10.5. The van der Waals surface area contributed by atoms with Gasteiger partial charge in [0.1, 0.15) is 0 Å². The van der Waals surface area contributed by atoms with E-state index in [1.165, 1.54) is 0 Å². The van der Waals surface area contributed by atoms with Crippen molar-refractivity contribution in [1.29, 1.82) is 0 Å². The molecule has 0 aliphatic heterocycles. The number of benzene rings is 2. The molecule has 2 amide bonds. The van der Waals surface area contributed by atoms with E-state index in [0.717, 1.165) is 27.8 Å². The molecule has 2 N–H and O–H groups in total. The van der Waals surface area contributed by atoms with Crippen LogP contribution in [0.1, 0.15) is 42.4 Å². The van der Waals surface area contributed by atoms with Gasteiger partial charge in [0.25, 0.3) is 5.91 Å². The minimum Gasteiger partial charge on any atom is -0.352 e. The van der Waals surface area contributed by atoms with Crippen LogP contribution in [0, 0.1) is 12.3 Å². The molecule has 0 radical (unpaired) electrons. The molecular formula is C26H27Cl2N5O2. The van der Waals surface area contributed by atoms with E-state index in [1.54, 1.807) is 30.6 Å². The molecule has 2 aromatic carbocycles. The fourth-order valence-electron chi connectivity index (χ4n) is 3.52. The molecule has 0 aliphatic carbocycles. The molecule has 0 saturated heterocycles. The monoisotopic (exact) mass is 511 g/mol. The van der Waals surface area contributed by atoms with Crippen LogP contribution in [0.25, 0.3) is 16.6 Å². The molecule has 4 rings (SSSR count). The Morgan fingerprint density at radius 1 is 1.09 bits per heavy atom. The summed E-state index contributed by atoms with van der Waals surface area (Å²) in [6.45, 7) is 7.78. The van der Waals surface area contributed by atoms with Crippen LogP contribution in [0.15, 0.2) is 60.9 Å². The number of carbonyl (C=O) groups is 2. The van der Waals surface area contributed by atoms with Crippen molar-refractivity contribution in [2.24, 2.45) is 5.41 Å². The van der Waals surface area contributed by atoms with Crippen molar-refractivity contribution in [3.05, 3.63) is 82.8 Å². The van der Waals surface area contributed by atoms with Gasteiger partial charge in [-0.25, -0.2) is 4.68 Å². The molecule has 182 valence electrons. The molecule has 4 aromatic rings. The number of nitrogens with one attached hydrogen (secondary N) is 2. The number of amides is 2. The highest BCUT2D eigenvalue weighted by Crippen LogP contribution is 2.27. The molecule has 0 bridgehead atoms. The number of carbonyl (C=O) groups excluding carboxylic acids is 2. The average molecular weight is 512 g/mol. The highest BCUT2D eigenvalue weighted by molar-refractivity contribution is 6.34. The Morgan fingerprint density at radius 3 is 2.57 bits per heavy atom. The number of anilines is 1. The third-order valence-corrected chi connectivity index (χ3v) is 5.73. The first-order valence-electron chi connectivity index (χ1n) is 10.9. The molecule has 7 nitrogen and oxygen atoms in total. The van der Waals surface area contributed by atoms with Gasteiger partial charge in [0.15, 0.2) is 0 Å². The Morgan fingerprint density at radius 2 is 1.86 bits per heavy atom. The number of halogens is 2. The van der Waals surface area contributed by atoms with Gasteiger partial charge in [0, 0.05) is 29.2 Å². The lowest BCUT2D eigenvalue weighted by atomic mass is 9.95. The van der Waals surface area contributed by atoms with E-state index in [9.17, 15) is 9.59 Å². The fourth-order valence-corrected chi connectivity index (χ4v) is 3.73. The highest BCUT2D eigenvalue weighted by Gasteiger charge is 2.21. The largest absolute Gasteiger partial charge is 0.352 e. The zero-order valence-electron chi connectivity index (χ0n) is 19.9. The normalized spacial score (nSPS) is 11.1. The Labute approximate surface area is 215 Å². The van der Waals surface area contributed by atoms with Crippen molar-refractivity contribution in [3.63, 3.8) is 0 Å². The summed E-state index contributed by atoms with van der Waals surface area (Å²) in [5.41, 5.74) is 3.88. The van der Waals surface area contributed by atoms with Gasteiger partial charge >= 0.3 is 0 Å². The van der Waals surface area contributed by atoms with Gasteiger partial charge in [-0.05, 0) is 48.9 Å². The number of aryl methyl sites for hydroxylation is 1. The van der Waals surface area contributed by atoms with Crippen molar-refractivity contribution in [2.45, 2.75) is 34.2 Å². The molecule has 0 spiro atoms. The molecule has 0 unspecified atom stereocenters. The number of fused-ring (bicyclic) bond motifs is 1. The lowest BCUT2D eigenvalue weighted by Gasteiger charge is -2.18. The quantitative estimate of drug-likeness (QED) is 0.358. The molecule has 0 fully saturated rings. The second-order valence-corrected chi connectivity index (χ2v) is 9.56. The van der Waals surface area contributed by atoms with Crippen molar-refractivity contribution in [3.8, 4) is 5.69 Å². The van der Waals surface area contributed by atoms with Crippen LogP contribution < -0.4 is 10.6 Å². The van der Waals surface area contributed by atoms with Crippen molar-refractivity contribution < 1.29 is 9.59 Å². The average Bonchev–Trinajstić information content (AvgIpc) is 3.23. The zero-order valence-corrected chi connectivity index (χ0v) is 21.5. The zero-order chi connectivity index (χ0) is 24.5. The van der Waals surface area contributed by atoms with Crippen LogP contribution in [0.2, 0.25) is 5.02 Å². The smallest absolute Gasteiger partial charge is 0.257 e. The Balaban J connectivity index is 0.00000342. The highest BCUT2D eigenvalue weighted by atomic mass is 35.5. The summed E-state index contributed by atoms with van der Waals surface area (Å²) in [6.07, 6.45) is 3.46. The Bertz CT molecular complexity index is 1390. The van der Waals surface area contributed by atoms with E-state index in [0.29, 0.717) is 22.8 Å². The van der Waals surface area contributed by atoms with Gasteiger partial charge < -0.3 is 10.6 Å². The molecule has 2 aromatic heterocycles.